The number of aromatic nitrogens is 2. The summed E-state index contributed by atoms with van der Waals surface area (Å²) in [6, 6.07) is 18.2. The highest BCUT2D eigenvalue weighted by molar-refractivity contribution is 5.83. The molecule has 0 unspecified atom stereocenters. The molecule has 2 aromatic carbocycles. The smallest absolute Gasteiger partial charge is 0.161 e. The number of anilines is 1. The van der Waals surface area contributed by atoms with Gasteiger partial charge in [-0.3, -0.25) is 9.48 Å². The van der Waals surface area contributed by atoms with E-state index in [2.05, 4.69) is 17.0 Å². The topological polar surface area (TPSA) is 56.6 Å². The summed E-state index contributed by atoms with van der Waals surface area (Å²) in [7, 11) is 5.73. The van der Waals surface area contributed by atoms with Crippen molar-refractivity contribution < 1.29 is 14.3 Å². The Kier molecular flexibility index (Phi) is 6.81. The van der Waals surface area contributed by atoms with Gasteiger partial charge in [-0.1, -0.05) is 30.3 Å². The number of ketones is 1. The predicted molar refractivity (Wildman–Crippen MR) is 124 cm³/mol. The molecule has 0 amide bonds. The number of para-hydroxylation sites is 1. The van der Waals surface area contributed by atoms with Gasteiger partial charge in [-0.05, 0) is 50.6 Å². The quantitative estimate of drug-likeness (QED) is 0.507. The van der Waals surface area contributed by atoms with Crippen molar-refractivity contribution in [2.24, 2.45) is 0 Å². The molecule has 0 radical (unpaired) electrons. The molecule has 0 spiro atoms. The Balaban J connectivity index is 2.00. The lowest BCUT2D eigenvalue weighted by Gasteiger charge is -2.21. The molecule has 0 aliphatic carbocycles. The van der Waals surface area contributed by atoms with Gasteiger partial charge in [0.25, 0.3) is 0 Å². The minimum absolute atomic E-state index is 0.0140. The van der Waals surface area contributed by atoms with Crippen molar-refractivity contribution in [1.29, 1.82) is 0 Å². The fourth-order valence-corrected chi connectivity index (χ4v) is 3.27. The van der Waals surface area contributed by atoms with Crippen molar-refractivity contribution in [2.45, 2.75) is 39.5 Å². The Bertz CT molecular complexity index is 1050. The van der Waals surface area contributed by atoms with E-state index < -0.39 is 5.60 Å². The minimum Gasteiger partial charge on any atom is -0.497 e. The molecule has 1 heterocycles. The van der Waals surface area contributed by atoms with Crippen LogP contribution in [-0.4, -0.2) is 42.4 Å². The number of hydrogen-bond donors (Lipinski definition) is 0. The molecule has 1 aromatic heterocycles. The number of hydrogen-bond acceptors (Lipinski definition) is 5. The highest BCUT2D eigenvalue weighted by atomic mass is 16.5. The van der Waals surface area contributed by atoms with Crippen molar-refractivity contribution in [2.75, 3.05) is 26.1 Å². The van der Waals surface area contributed by atoms with E-state index in [0.29, 0.717) is 6.54 Å². The van der Waals surface area contributed by atoms with Gasteiger partial charge < -0.3 is 14.4 Å². The molecule has 0 aliphatic rings. The Morgan fingerprint density at radius 2 is 1.84 bits per heavy atom. The van der Waals surface area contributed by atoms with Gasteiger partial charge in [0.1, 0.15) is 11.4 Å². The second-order valence-corrected chi connectivity index (χ2v) is 8.29. The van der Waals surface area contributed by atoms with Gasteiger partial charge in [0.2, 0.25) is 0 Å². The fraction of sp³-hybridized carbons (Fsp3) is 0.360. The summed E-state index contributed by atoms with van der Waals surface area (Å²) in [5.41, 5.74) is 4.20. The van der Waals surface area contributed by atoms with Crippen LogP contribution in [0.5, 0.6) is 5.75 Å². The van der Waals surface area contributed by atoms with Crippen molar-refractivity contribution in [3.63, 3.8) is 0 Å². The van der Waals surface area contributed by atoms with Gasteiger partial charge in [0.05, 0.1) is 31.6 Å². The molecule has 0 bridgehead atoms. The molecule has 0 atom stereocenters. The van der Waals surface area contributed by atoms with E-state index in [-0.39, 0.29) is 12.4 Å². The standard InChI is InChI=1S/C25H31N3O3/c1-18(29)25(2,3)31-17-21-15-24(19-11-9-12-22(14-19)30-6)28(26-21)16-20-10-7-8-13-23(20)27(4)5/h7-15H,16-17H2,1-6H3. The predicted octanol–water partition coefficient (Wildman–Crippen LogP) is 4.56. The molecule has 0 saturated heterocycles. The highest BCUT2D eigenvalue weighted by Crippen LogP contribution is 2.28. The number of benzene rings is 2. The van der Waals surface area contributed by atoms with Crippen LogP contribution in [0.25, 0.3) is 11.3 Å². The highest BCUT2D eigenvalue weighted by Gasteiger charge is 2.25. The fourth-order valence-electron chi connectivity index (χ4n) is 3.27. The van der Waals surface area contributed by atoms with Crippen LogP contribution in [0.3, 0.4) is 0 Å². The van der Waals surface area contributed by atoms with Gasteiger partial charge in [-0.15, -0.1) is 0 Å². The first-order chi connectivity index (χ1) is 14.7. The summed E-state index contributed by atoms with van der Waals surface area (Å²) >= 11 is 0. The van der Waals surface area contributed by atoms with E-state index in [1.54, 1.807) is 27.9 Å². The second kappa shape index (κ2) is 9.35. The zero-order valence-corrected chi connectivity index (χ0v) is 19.2. The first-order valence-electron chi connectivity index (χ1n) is 10.3. The molecule has 0 aliphatic heterocycles. The van der Waals surface area contributed by atoms with E-state index in [1.165, 1.54) is 0 Å². The van der Waals surface area contributed by atoms with Crippen LogP contribution in [0.1, 0.15) is 32.0 Å². The Morgan fingerprint density at radius 1 is 1.10 bits per heavy atom. The van der Waals surface area contributed by atoms with Crippen LogP contribution >= 0.6 is 0 Å². The maximum Gasteiger partial charge on any atom is 0.161 e. The van der Waals surface area contributed by atoms with Gasteiger partial charge in [0.15, 0.2) is 5.78 Å². The van der Waals surface area contributed by atoms with E-state index in [4.69, 9.17) is 14.6 Å². The molecule has 0 saturated carbocycles. The number of ether oxygens (including phenoxy) is 2. The molecule has 31 heavy (non-hydrogen) atoms. The first-order valence-corrected chi connectivity index (χ1v) is 10.3. The molecule has 164 valence electrons. The zero-order valence-electron chi connectivity index (χ0n) is 19.2. The number of carbonyl (C=O) groups is 1. The second-order valence-electron chi connectivity index (χ2n) is 8.29. The molecule has 3 aromatic rings. The van der Waals surface area contributed by atoms with Crippen LogP contribution in [-0.2, 0) is 22.7 Å². The summed E-state index contributed by atoms with van der Waals surface area (Å²) in [6.07, 6.45) is 0. The van der Waals surface area contributed by atoms with Crippen molar-refractivity contribution in [3.8, 4) is 17.0 Å². The monoisotopic (exact) mass is 421 g/mol. The number of carbonyl (C=O) groups excluding carboxylic acids is 1. The number of nitrogens with zero attached hydrogens (tertiary/aromatic N) is 3. The summed E-state index contributed by atoms with van der Waals surface area (Å²) in [4.78, 5) is 13.9. The van der Waals surface area contributed by atoms with E-state index in [9.17, 15) is 4.79 Å². The number of Topliss-reactive ketones (excluding diaryl/α,β-unsaturated/α-hetero) is 1. The maximum absolute atomic E-state index is 11.8. The molecule has 6 nitrogen and oxygen atoms in total. The van der Waals surface area contributed by atoms with Gasteiger partial charge in [0, 0.05) is 25.3 Å². The first kappa shape index (κ1) is 22.6. The van der Waals surface area contributed by atoms with Gasteiger partial charge >= 0.3 is 0 Å². The molecule has 6 heteroatoms. The molecule has 0 N–H and O–H groups in total. The summed E-state index contributed by atoms with van der Waals surface area (Å²) in [6.45, 7) is 5.96. The Labute approximate surface area is 184 Å². The molecule has 0 fully saturated rings. The summed E-state index contributed by atoms with van der Waals surface area (Å²) < 4.78 is 13.3. The van der Waals surface area contributed by atoms with Crippen LogP contribution in [0.4, 0.5) is 5.69 Å². The van der Waals surface area contributed by atoms with Crippen LogP contribution in [0, 0.1) is 0 Å². The lowest BCUT2D eigenvalue weighted by molar-refractivity contribution is -0.139. The van der Waals surface area contributed by atoms with Gasteiger partial charge in [-0.2, -0.15) is 5.10 Å². The van der Waals surface area contributed by atoms with Crippen molar-refractivity contribution >= 4 is 11.5 Å². The van der Waals surface area contributed by atoms with Gasteiger partial charge in [-0.25, -0.2) is 0 Å². The van der Waals surface area contributed by atoms with E-state index >= 15 is 0 Å². The SMILES string of the molecule is COc1cccc(-c2cc(COC(C)(C)C(C)=O)nn2Cc2ccccc2N(C)C)c1. The average Bonchev–Trinajstić information content (AvgIpc) is 3.15. The normalized spacial score (nSPS) is 11.4. The Hall–Kier alpha value is -3.12. The summed E-state index contributed by atoms with van der Waals surface area (Å²) in [5, 5.41) is 4.82. The van der Waals surface area contributed by atoms with E-state index in [1.807, 2.05) is 61.2 Å². The Morgan fingerprint density at radius 3 is 2.52 bits per heavy atom. The lowest BCUT2D eigenvalue weighted by atomic mass is 10.1. The third-order valence-corrected chi connectivity index (χ3v) is 5.42. The number of methoxy groups -OCH3 is 1. The van der Waals surface area contributed by atoms with Crippen LogP contribution < -0.4 is 9.64 Å². The molecular weight excluding hydrogens is 390 g/mol. The molecule has 3 rings (SSSR count). The van der Waals surface area contributed by atoms with Crippen LogP contribution in [0.2, 0.25) is 0 Å². The van der Waals surface area contributed by atoms with Crippen LogP contribution in [0.15, 0.2) is 54.6 Å². The zero-order chi connectivity index (χ0) is 22.6. The lowest BCUT2D eigenvalue weighted by Crippen LogP contribution is -2.32. The molecular formula is C25H31N3O3. The van der Waals surface area contributed by atoms with Crippen molar-refractivity contribution in [3.05, 3.63) is 65.9 Å². The van der Waals surface area contributed by atoms with E-state index in [0.717, 1.165) is 34.0 Å². The third-order valence-electron chi connectivity index (χ3n) is 5.42. The van der Waals surface area contributed by atoms with Crippen molar-refractivity contribution in [1.82, 2.24) is 9.78 Å². The minimum atomic E-state index is -0.850. The summed E-state index contributed by atoms with van der Waals surface area (Å²) in [5.74, 6) is 0.773. The average molecular weight is 422 g/mol. The maximum atomic E-state index is 11.8. The third kappa shape index (κ3) is 5.33. The largest absolute Gasteiger partial charge is 0.497 e. The number of rotatable bonds is 9.